The number of aliphatic hydroxyl groups is 1. The van der Waals surface area contributed by atoms with Gasteiger partial charge in [0.15, 0.2) is 0 Å². The fourth-order valence-electron chi connectivity index (χ4n) is 5.04. The summed E-state index contributed by atoms with van der Waals surface area (Å²) >= 11 is 0. The Hall–Kier alpha value is -3.90. The number of pyridine rings is 1. The van der Waals surface area contributed by atoms with E-state index < -0.39 is 5.60 Å². The van der Waals surface area contributed by atoms with Gasteiger partial charge in [-0.1, -0.05) is 24.3 Å². The Kier molecular flexibility index (Phi) is 4.29. The van der Waals surface area contributed by atoms with Gasteiger partial charge in [0.1, 0.15) is 5.65 Å². The highest BCUT2D eigenvalue weighted by atomic mass is 16.3. The van der Waals surface area contributed by atoms with Gasteiger partial charge < -0.3 is 9.67 Å². The molecule has 0 aliphatic rings. The summed E-state index contributed by atoms with van der Waals surface area (Å²) in [6.07, 6.45) is 5.93. The maximum absolute atomic E-state index is 10.7. The molecule has 6 rings (SSSR count). The van der Waals surface area contributed by atoms with Gasteiger partial charge in [0.25, 0.3) is 0 Å². The molecule has 6 heteroatoms. The normalized spacial score (nSPS) is 12.4. The molecule has 0 fully saturated rings. The average Bonchev–Trinajstić information content (AvgIpc) is 3.46. The van der Waals surface area contributed by atoms with Gasteiger partial charge in [0, 0.05) is 53.7 Å². The van der Waals surface area contributed by atoms with Gasteiger partial charge in [-0.05, 0) is 56.2 Å². The van der Waals surface area contributed by atoms with Gasteiger partial charge in [-0.25, -0.2) is 4.98 Å². The van der Waals surface area contributed by atoms with Crippen LogP contribution < -0.4 is 0 Å². The van der Waals surface area contributed by atoms with Crippen LogP contribution in [0.5, 0.6) is 0 Å². The number of hydrogen-bond donors (Lipinski definition) is 1. The largest absolute Gasteiger partial charge is 0.386 e. The van der Waals surface area contributed by atoms with Crippen molar-refractivity contribution in [2.24, 2.45) is 14.1 Å². The quantitative estimate of drug-likeness (QED) is 0.382. The molecule has 0 aliphatic carbocycles. The van der Waals surface area contributed by atoms with E-state index in [4.69, 9.17) is 4.98 Å². The van der Waals surface area contributed by atoms with E-state index in [0.717, 1.165) is 55.3 Å². The number of fused-ring (bicyclic) bond motifs is 4. The van der Waals surface area contributed by atoms with Crippen LogP contribution in [-0.4, -0.2) is 29.0 Å². The molecule has 0 amide bonds. The molecule has 170 valence electrons. The third-order valence-electron chi connectivity index (χ3n) is 6.85. The molecule has 6 aromatic rings. The highest BCUT2D eigenvalue weighted by molar-refractivity contribution is 6.07. The van der Waals surface area contributed by atoms with Gasteiger partial charge in [-0.3, -0.25) is 9.25 Å². The summed E-state index contributed by atoms with van der Waals surface area (Å²) in [6.45, 7) is 5.78. The molecule has 0 spiro atoms. The summed E-state index contributed by atoms with van der Waals surface area (Å²) in [5, 5.41) is 18.3. The minimum atomic E-state index is -0.924. The summed E-state index contributed by atoms with van der Waals surface area (Å²) in [5.74, 6) is 0. The highest BCUT2D eigenvalue weighted by Crippen LogP contribution is 2.39. The lowest BCUT2D eigenvalue weighted by Gasteiger charge is -2.18. The third kappa shape index (κ3) is 2.92. The Morgan fingerprint density at radius 2 is 1.74 bits per heavy atom. The highest BCUT2D eigenvalue weighted by Gasteiger charge is 2.23. The molecule has 0 saturated heterocycles. The van der Waals surface area contributed by atoms with Crippen LogP contribution in [0.3, 0.4) is 0 Å². The van der Waals surface area contributed by atoms with Crippen LogP contribution >= 0.6 is 0 Å². The van der Waals surface area contributed by atoms with Crippen LogP contribution in [0.2, 0.25) is 0 Å². The van der Waals surface area contributed by atoms with Crippen molar-refractivity contribution < 1.29 is 5.11 Å². The van der Waals surface area contributed by atoms with E-state index in [-0.39, 0.29) is 0 Å². The topological polar surface area (TPSA) is 60.8 Å². The molecule has 6 nitrogen and oxygen atoms in total. The van der Waals surface area contributed by atoms with Gasteiger partial charge >= 0.3 is 0 Å². The van der Waals surface area contributed by atoms with Crippen molar-refractivity contribution in [3.8, 4) is 16.9 Å². The van der Waals surface area contributed by atoms with Crippen molar-refractivity contribution in [1.29, 1.82) is 0 Å². The predicted molar refractivity (Wildman–Crippen MR) is 137 cm³/mol. The lowest BCUT2D eigenvalue weighted by molar-refractivity contribution is 0.0787. The molecule has 4 heterocycles. The second kappa shape index (κ2) is 7.05. The molecule has 0 atom stereocenters. The molecular weight excluding hydrogens is 422 g/mol. The minimum absolute atomic E-state index is 0.887. The Labute approximate surface area is 197 Å². The predicted octanol–water partition coefficient (Wildman–Crippen LogP) is 5.61. The zero-order chi connectivity index (χ0) is 23.8. The van der Waals surface area contributed by atoms with E-state index >= 15 is 0 Å². The third-order valence-corrected chi connectivity index (χ3v) is 6.85. The zero-order valence-electron chi connectivity index (χ0n) is 20.0. The van der Waals surface area contributed by atoms with Crippen molar-refractivity contribution in [2.75, 3.05) is 0 Å². The van der Waals surface area contributed by atoms with E-state index in [2.05, 4.69) is 76.9 Å². The smallest absolute Gasteiger partial charge is 0.147 e. The Balaban J connectivity index is 1.77. The van der Waals surface area contributed by atoms with Gasteiger partial charge in [0.2, 0.25) is 0 Å². The van der Waals surface area contributed by atoms with E-state index in [1.54, 1.807) is 0 Å². The maximum Gasteiger partial charge on any atom is 0.147 e. The molecule has 0 aliphatic heterocycles. The van der Waals surface area contributed by atoms with Crippen LogP contribution in [0.25, 0.3) is 49.8 Å². The SMILES string of the molecule is Cc1ccccc1-n1c(-c2cn(C)c3ccc(C(C)(C)O)cc23)cc2c3c(cnc21)cnn3C. The van der Waals surface area contributed by atoms with Crippen molar-refractivity contribution in [3.63, 3.8) is 0 Å². The number of hydrogen-bond acceptors (Lipinski definition) is 3. The van der Waals surface area contributed by atoms with Crippen LogP contribution in [-0.2, 0) is 19.7 Å². The minimum Gasteiger partial charge on any atom is -0.386 e. The van der Waals surface area contributed by atoms with E-state index in [0.29, 0.717) is 0 Å². The zero-order valence-corrected chi connectivity index (χ0v) is 20.0. The van der Waals surface area contributed by atoms with Crippen LogP contribution in [0.15, 0.2) is 67.1 Å². The lowest BCUT2D eigenvalue weighted by atomic mass is 9.96. The molecule has 34 heavy (non-hydrogen) atoms. The Morgan fingerprint density at radius 1 is 0.941 bits per heavy atom. The molecule has 1 N–H and O–H groups in total. The molecule has 0 unspecified atom stereocenters. The van der Waals surface area contributed by atoms with Crippen LogP contribution in [0.1, 0.15) is 25.0 Å². The molecule has 4 aromatic heterocycles. The standard InChI is InChI=1S/C28H27N5O/c1-17-8-6-7-9-23(17)33-25(13-21-26-18(14-29-27(21)33)15-30-32(26)5)22-16-31(4)24-11-10-19(12-20(22)24)28(2,3)34/h6-16,34H,1-5H3. The Bertz CT molecular complexity index is 1730. The second-order valence-electron chi connectivity index (χ2n) is 9.66. The Morgan fingerprint density at radius 3 is 2.50 bits per heavy atom. The first-order valence-corrected chi connectivity index (χ1v) is 11.4. The molecule has 0 saturated carbocycles. The van der Waals surface area contributed by atoms with Crippen LogP contribution in [0, 0.1) is 6.92 Å². The monoisotopic (exact) mass is 449 g/mol. The summed E-state index contributed by atoms with van der Waals surface area (Å²) in [4.78, 5) is 4.89. The van der Waals surface area contributed by atoms with Gasteiger partial charge in [0.05, 0.1) is 28.7 Å². The average molecular weight is 450 g/mol. The van der Waals surface area contributed by atoms with E-state index in [1.165, 1.54) is 5.56 Å². The first-order chi connectivity index (χ1) is 16.2. The van der Waals surface area contributed by atoms with Crippen molar-refractivity contribution in [3.05, 3.63) is 78.2 Å². The first kappa shape index (κ1) is 20.7. The second-order valence-corrected chi connectivity index (χ2v) is 9.66. The fraction of sp³-hybridized carbons (Fsp3) is 0.214. The van der Waals surface area contributed by atoms with E-state index in [1.807, 2.05) is 44.0 Å². The van der Waals surface area contributed by atoms with Crippen molar-refractivity contribution in [1.82, 2.24) is 23.9 Å². The molecule has 0 bridgehead atoms. The lowest BCUT2D eigenvalue weighted by Crippen LogP contribution is -2.15. The number of aromatic nitrogens is 5. The number of benzene rings is 2. The van der Waals surface area contributed by atoms with E-state index in [9.17, 15) is 5.11 Å². The van der Waals surface area contributed by atoms with Crippen molar-refractivity contribution >= 4 is 32.8 Å². The van der Waals surface area contributed by atoms with Crippen molar-refractivity contribution in [2.45, 2.75) is 26.4 Å². The summed E-state index contributed by atoms with van der Waals surface area (Å²) < 4.78 is 6.31. The first-order valence-electron chi connectivity index (χ1n) is 11.4. The van der Waals surface area contributed by atoms with Gasteiger partial charge in [-0.2, -0.15) is 5.10 Å². The molecule has 0 radical (unpaired) electrons. The van der Waals surface area contributed by atoms with Crippen LogP contribution in [0.4, 0.5) is 0 Å². The summed E-state index contributed by atoms with van der Waals surface area (Å²) in [7, 11) is 4.04. The van der Waals surface area contributed by atoms with Gasteiger partial charge in [-0.15, -0.1) is 0 Å². The fourth-order valence-corrected chi connectivity index (χ4v) is 5.04. The number of para-hydroxylation sites is 1. The summed E-state index contributed by atoms with van der Waals surface area (Å²) in [5.41, 5.74) is 7.47. The molecule has 2 aromatic carbocycles. The maximum atomic E-state index is 10.7. The summed E-state index contributed by atoms with van der Waals surface area (Å²) in [6, 6.07) is 16.8. The number of rotatable bonds is 3. The number of nitrogens with zero attached hydrogens (tertiary/aromatic N) is 5. The molecular formula is C28H27N5O. The number of aryl methyl sites for hydroxylation is 3.